The molecule has 0 spiro atoms. The molecule has 0 bridgehead atoms. The van der Waals surface area contributed by atoms with Crippen LogP contribution in [0.3, 0.4) is 0 Å². The van der Waals surface area contributed by atoms with E-state index in [1.165, 1.54) is 27.7 Å². The topological polar surface area (TPSA) is 225 Å². The maximum atomic E-state index is 13.2. The summed E-state index contributed by atoms with van der Waals surface area (Å²) in [5.74, 6) is -2.95. The van der Waals surface area contributed by atoms with Crippen LogP contribution in [0.5, 0.6) is 0 Å². The fourth-order valence-corrected chi connectivity index (χ4v) is 7.69. The molecule has 40 heavy (non-hydrogen) atoms. The SMILES string of the molecule is C[C@@H](NC(=O)Cn1cnnn1)[C@H]1C(=O)N2C(C(=O)O)=C(S[C@@H]3CN[C@H](C(=O)N4CCC[C@@H]4NC(=N)N)C3)[C@H](C)[C@H]12. The lowest BCUT2D eigenvalue weighted by atomic mass is 9.78. The molecule has 3 amide bonds. The molecule has 0 radical (unpaired) electrons. The zero-order chi connectivity index (χ0) is 28.7. The third kappa shape index (κ3) is 5.10. The normalized spacial score (nSPS) is 30.2. The van der Waals surface area contributed by atoms with Crippen molar-refractivity contribution in [2.75, 3.05) is 13.1 Å². The van der Waals surface area contributed by atoms with E-state index >= 15 is 0 Å². The molecule has 0 aliphatic carbocycles. The van der Waals surface area contributed by atoms with Crippen molar-refractivity contribution in [1.82, 2.24) is 46.0 Å². The Morgan fingerprint density at radius 2 is 2.15 bits per heavy atom. The summed E-state index contributed by atoms with van der Waals surface area (Å²) in [6, 6.07) is -1.34. The molecular weight excluding hydrogens is 542 g/mol. The van der Waals surface area contributed by atoms with Crippen LogP contribution in [-0.2, 0) is 25.7 Å². The van der Waals surface area contributed by atoms with Gasteiger partial charge in [0.2, 0.25) is 17.7 Å². The van der Waals surface area contributed by atoms with Crippen molar-refractivity contribution >= 4 is 41.4 Å². The third-order valence-corrected chi connectivity index (χ3v) is 9.47. The number of carbonyl (C=O) groups excluding carboxylic acids is 3. The second-order valence-electron chi connectivity index (χ2n) is 10.6. The van der Waals surface area contributed by atoms with E-state index in [1.54, 1.807) is 11.8 Å². The lowest BCUT2D eigenvalue weighted by Crippen LogP contribution is -2.66. The Bertz CT molecular complexity index is 1240. The summed E-state index contributed by atoms with van der Waals surface area (Å²) in [7, 11) is 0. The Morgan fingerprint density at radius 1 is 1.38 bits per heavy atom. The summed E-state index contributed by atoms with van der Waals surface area (Å²) >= 11 is 1.40. The fraction of sp³-hybridized carbons (Fsp3) is 0.652. The van der Waals surface area contributed by atoms with Gasteiger partial charge in [-0.15, -0.1) is 16.9 Å². The number of fused-ring (bicyclic) bond motifs is 1. The molecule has 4 aliphatic heterocycles. The van der Waals surface area contributed by atoms with Crippen LogP contribution in [0.15, 0.2) is 16.9 Å². The predicted octanol–water partition coefficient (Wildman–Crippen LogP) is -2.15. The van der Waals surface area contributed by atoms with Crippen LogP contribution in [0, 0.1) is 17.2 Å². The fourth-order valence-electron chi connectivity index (χ4n) is 6.21. The van der Waals surface area contributed by atoms with Crippen LogP contribution in [0.4, 0.5) is 0 Å². The zero-order valence-electron chi connectivity index (χ0n) is 22.1. The van der Waals surface area contributed by atoms with Gasteiger partial charge >= 0.3 is 5.97 Å². The van der Waals surface area contributed by atoms with E-state index in [4.69, 9.17) is 11.1 Å². The van der Waals surface area contributed by atoms with Crippen LogP contribution in [0.2, 0.25) is 0 Å². The number of guanidine groups is 1. The number of carbonyl (C=O) groups is 4. The number of rotatable bonds is 9. The molecule has 7 N–H and O–H groups in total. The number of aliphatic carboxylic acids is 1. The minimum Gasteiger partial charge on any atom is -0.477 e. The maximum Gasteiger partial charge on any atom is 0.353 e. The van der Waals surface area contributed by atoms with Gasteiger partial charge in [-0.25, -0.2) is 9.48 Å². The first-order valence-corrected chi connectivity index (χ1v) is 14.1. The second-order valence-corrected chi connectivity index (χ2v) is 11.9. The summed E-state index contributed by atoms with van der Waals surface area (Å²) in [4.78, 5) is 54.8. The first kappa shape index (κ1) is 27.8. The number of amides is 3. The van der Waals surface area contributed by atoms with Crippen molar-refractivity contribution in [1.29, 1.82) is 5.41 Å². The van der Waals surface area contributed by atoms with Crippen LogP contribution in [0.25, 0.3) is 0 Å². The van der Waals surface area contributed by atoms with Crippen molar-refractivity contribution in [3.8, 4) is 0 Å². The zero-order valence-corrected chi connectivity index (χ0v) is 22.9. The van der Waals surface area contributed by atoms with Crippen LogP contribution in [-0.4, -0.2) is 107 Å². The number of nitrogens with one attached hydrogen (secondary N) is 4. The van der Waals surface area contributed by atoms with E-state index in [0.29, 0.717) is 30.8 Å². The van der Waals surface area contributed by atoms with E-state index in [2.05, 4.69) is 31.5 Å². The minimum atomic E-state index is -1.17. The van der Waals surface area contributed by atoms with Crippen LogP contribution >= 0.6 is 11.8 Å². The monoisotopic (exact) mass is 575 g/mol. The molecule has 1 aromatic rings. The number of nitrogens with two attached hydrogens (primary N) is 1. The van der Waals surface area contributed by atoms with E-state index in [1.807, 2.05) is 6.92 Å². The molecule has 216 valence electrons. The Balaban J connectivity index is 1.23. The number of hydrogen-bond donors (Lipinski definition) is 6. The van der Waals surface area contributed by atoms with Gasteiger partial charge in [0.15, 0.2) is 5.96 Å². The molecule has 0 aromatic carbocycles. The highest BCUT2D eigenvalue weighted by Crippen LogP contribution is 2.51. The summed E-state index contributed by atoms with van der Waals surface area (Å²) < 4.78 is 1.27. The number of aromatic nitrogens is 4. The number of thioether (sulfide) groups is 1. The second kappa shape index (κ2) is 11.0. The summed E-state index contributed by atoms with van der Waals surface area (Å²) in [5.41, 5.74) is 5.46. The Morgan fingerprint density at radius 3 is 2.83 bits per heavy atom. The summed E-state index contributed by atoms with van der Waals surface area (Å²) in [5, 5.41) is 37.0. The van der Waals surface area contributed by atoms with Gasteiger partial charge in [0.05, 0.1) is 18.0 Å². The van der Waals surface area contributed by atoms with Crippen molar-refractivity contribution in [2.45, 2.75) is 69.2 Å². The molecule has 1 aromatic heterocycles. The van der Waals surface area contributed by atoms with E-state index in [0.717, 1.165) is 6.42 Å². The Kier molecular flexibility index (Phi) is 7.67. The molecular formula is C23H33N11O5S. The van der Waals surface area contributed by atoms with Gasteiger partial charge in [0.1, 0.15) is 24.7 Å². The van der Waals surface area contributed by atoms with Gasteiger partial charge in [-0.2, -0.15) is 0 Å². The number of nitrogens with zero attached hydrogens (tertiary/aromatic N) is 6. The number of tetrazole rings is 1. The number of hydrogen-bond acceptors (Lipinski definition) is 10. The Labute approximate surface area is 233 Å². The molecule has 17 heteroatoms. The molecule has 4 aliphatic rings. The molecule has 3 fully saturated rings. The number of carboxylic acids is 1. The summed E-state index contributed by atoms with van der Waals surface area (Å²) in [6.45, 7) is 4.63. The smallest absolute Gasteiger partial charge is 0.353 e. The third-order valence-electron chi connectivity index (χ3n) is 7.96. The first-order chi connectivity index (χ1) is 19.1. The number of carboxylic acid groups (broad SMARTS) is 1. The predicted molar refractivity (Wildman–Crippen MR) is 141 cm³/mol. The van der Waals surface area contributed by atoms with Gasteiger partial charge < -0.3 is 36.6 Å². The van der Waals surface area contributed by atoms with Gasteiger partial charge in [-0.1, -0.05) is 6.92 Å². The van der Waals surface area contributed by atoms with Crippen LogP contribution in [0.1, 0.15) is 33.1 Å². The standard InChI is InChI=1S/C23H33N11O5S/c1-10-17-16(11(2)28-15(35)8-32-9-27-30-31-32)21(37)34(17)18(22(38)39)19(10)40-12-6-13(26-7-12)20(36)33-5-3-4-14(33)29-23(24)25/h9-14,16-17,26H,3-8H2,1-2H3,(H,28,35)(H,38,39)(H4,24,25,29)/t10-,11-,12+,13+,14-,16-,17-/m1/s1. The van der Waals surface area contributed by atoms with E-state index in [-0.39, 0.29) is 59.3 Å². The maximum absolute atomic E-state index is 13.2. The largest absolute Gasteiger partial charge is 0.477 e. The molecule has 0 saturated carbocycles. The molecule has 16 nitrogen and oxygen atoms in total. The average molecular weight is 576 g/mol. The quantitative estimate of drug-likeness (QED) is 0.105. The first-order valence-electron chi connectivity index (χ1n) is 13.2. The lowest BCUT2D eigenvalue weighted by Gasteiger charge is -2.47. The lowest BCUT2D eigenvalue weighted by molar-refractivity contribution is -0.158. The average Bonchev–Trinajstić information content (AvgIpc) is 3.67. The molecule has 0 unspecified atom stereocenters. The highest BCUT2D eigenvalue weighted by atomic mass is 32.2. The van der Waals surface area contributed by atoms with Gasteiger partial charge in [-0.05, 0) is 36.6 Å². The van der Waals surface area contributed by atoms with E-state index < -0.39 is 24.0 Å². The minimum absolute atomic E-state index is 0.0176. The van der Waals surface area contributed by atoms with Crippen molar-refractivity contribution in [3.63, 3.8) is 0 Å². The Hall–Kier alpha value is -3.73. The molecule has 5 heterocycles. The van der Waals surface area contributed by atoms with Crippen molar-refractivity contribution in [3.05, 3.63) is 16.9 Å². The van der Waals surface area contributed by atoms with Gasteiger partial charge in [-0.3, -0.25) is 19.8 Å². The van der Waals surface area contributed by atoms with Crippen molar-refractivity contribution in [2.24, 2.45) is 17.6 Å². The van der Waals surface area contributed by atoms with Crippen molar-refractivity contribution < 1.29 is 24.3 Å². The molecule has 3 saturated heterocycles. The highest BCUT2D eigenvalue weighted by Gasteiger charge is 2.60. The van der Waals surface area contributed by atoms with Gasteiger partial charge in [0.25, 0.3) is 0 Å². The van der Waals surface area contributed by atoms with E-state index in [9.17, 15) is 24.3 Å². The molecule has 5 rings (SSSR count). The highest BCUT2D eigenvalue weighted by molar-refractivity contribution is 8.03. The van der Waals surface area contributed by atoms with Gasteiger partial charge in [0, 0.05) is 35.2 Å². The van der Waals surface area contributed by atoms with Crippen LogP contribution < -0.4 is 21.7 Å². The number of likely N-dealkylation sites (tertiary alicyclic amines) is 1. The summed E-state index contributed by atoms with van der Waals surface area (Å²) in [6.07, 6.45) is 3.04. The molecule has 7 atom stereocenters. The number of β-lactam (4-membered cyclic amide) rings is 1.